The zero-order chi connectivity index (χ0) is 12.5. The van der Waals surface area contributed by atoms with Gasteiger partial charge in [-0.2, -0.15) is 11.8 Å². The number of aliphatic hydroxyl groups excluding tert-OH is 1. The fourth-order valence-electron chi connectivity index (χ4n) is 1.80. The van der Waals surface area contributed by atoms with Crippen LogP contribution in [0.15, 0.2) is 17.2 Å². The van der Waals surface area contributed by atoms with Crippen molar-refractivity contribution < 1.29 is 13.5 Å². The normalized spacial score (nSPS) is 20.9. The highest BCUT2D eigenvalue weighted by molar-refractivity contribution is 7.99. The Morgan fingerprint density at radius 3 is 2.94 bits per heavy atom. The molecular formula is C10H16N2O3S2. The van der Waals surface area contributed by atoms with E-state index in [2.05, 4.69) is 4.72 Å². The molecule has 1 aromatic rings. The third kappa shape index (κ3) is 2.85. The van der Waals surface area contributed by atoms with E-state index in [-0.39, 0.29) is 17.5 Å². The number of sulfonamides is 1. The summed E-state index contributed by atoms with van der Waals surface area (Å²) in [7, 11) is -1.73. The van der Waals surface area contributed by atoms with Crippen LogP contribution >= 0.6 is 11.8 Å². The number of nitrogens with one attached hydrogen (secondary N) is 1. The van der Waals surface area contributed by atoms with Gasteiger partial charge in [-0.15, -0.1) is 0 Å². The zero-order valence-electron chi connectivity index (χ0n) is 9.59. The van der Waals surface area contributed by atoms with E-state index in [1.807, 2.05) is 0 Å². The van der Waals surface area contributed by atoms with Gasteiger partial charge in [0.05, 0.1) is 11.5 Å². The predicted octanol–water partition coefficient (Wildman–Crippen LogP) is 0.301. The minimum Gasteiger partial charge on any atom is -0.390 e. The van der Waals surface area contributed by atoms with Crippen molar-refractivity contribution in [1.82, 2.24) is 9.29 Å². The number of aliphatic hydroxyl groups is 1. The molecule has 0 radical (unpaired) electrons. The minimum atomic E-state index is -3.45. The first kappa shape index (κ1) is 12.9. The Morgan fingerprint density at radius 1 is 1.65 bits per heavy atom. The molecular weight excluding hydrogens is 260 g/mol. The highest BCUT2D eigenvalue weighted by Crippen LogP contribution is 2.20. The SMILES string of the molecule is Cn1cc(S(=O)(=O)NC2CCSC2)cc1CO. The maximum atomic E-state index is 12.1. The summed E-state index contributed by atoms with van der Waals surface area (Å²) >= 11 is 1.76. The summed E-state index contributed by atoms with van der Waals surface area (Å²) in [5.41, 5.74) is 0.589. The monoisotopic (exact) mass is 276 g/mol. The first-order chi connectivity index (χ1) is 8.03. The highest BCUT2D eigenvalue weighted by Gasteiger charge is 2.24. The van der Waals surface area contributed by atoms with Crippen molar-refractivity contribution in [3.05, 3.63) is 18.0 Å². The van der Waals surface area contributed by atoms with Gasteiger partial charge in [-0.05, 0) is 18.2 Å². The molecule has 2 rings (SSSR count). The number of rotatable bonds is 4. The van der Waals surface area contributed by atoms with Gasteiger partial charge in [0.15, 0.2) is 0 Å². The van der Waals surface area contributed by atoms with Gasteiger partial charge in [-0.3, -0.25) is 0 Å². The van der Waals surface area contributed by atoms with Crippen LogP contribution in [0.5, 0.6) is 0 Å². The molecule has 17 heavy (non-hydrogen) atoms. The lowest BCUT2D eigenvalue weighted by Gasteiger charge is -2.10. The first-order valence-corrected chi connectivity index (χ1v) is 8.03. The van der Waals surface area contributed by atoms with E-state index in [4.69, 9.17) is 5.11 Å². The van der Waals surface area contributed by atoms with Crippen LogP contribution in [0.2, 0.25) is 0 Å². The summed E-state index contributed by atoms with van der Waals surface area (Å²) in [5.74, 6) is 1.84. The molecule has 1 aromatic heterocycles. The van der Waals surface area contributed by atoms with Gasteiger partial charge in [0, 0.05) is 30.7 Å². The van der Waals surface area contributed by atoms with Crippen molar-refractivity contribution in [2.24, 2.45) is 7.05 Å². The van der Waals surface area contributed by atoms with E-state index in [9.17, 15) is 8.42 Å². The average molecular weight is 276 g/mol. The van der Waals surface area contributed by atoms with Crippen molar-refractivity contribution in [1.29, 1.82) is 0 Å². The smallest absolute Gasteiger partial charge is 0.242 e. The molecule has 2 N–H and O–H groups in total. The zero-order valence-corrected chi connectivity index (χ0v) is 11.2. The first-order valence-electron chi connectivity index (χ1n) is 5.39. The second-order valence-corrected chi connectivity index (χ2v) is 6.98. The molecule has 7 heteroatoms. The van der Waals surface area contributed by atoms with Gasteiger partial charge < -0.3 is 9.67 Å². The molecule has 1 fully saturated rings. The summed E-state index contributed by atoms with van der Waals surface area (Å²) in [6, 6.07) is 1.53. The topological polar surface area (TPSA) is 71.3 Å². The molecule has 0 spiro atoms. The number of hydrogen-bond acceptors (Lipinski definition) is 4. The Hall–Kier alpha value is -0.500. The average Bonchev–Trinajstić information content (AvgIpc) is 2.87. The maximum absolute atomic E-state index is 12.1. The van der Waals surface area contributed by atoms with Gasteiger partial charge in [-0.25, -0.2) is 13.1 Å². The summed E-state index contributed by atoms with van der Waals surface area (Å²) in [5, 5.41) is 9.04. The van der Waals surface area contributed by atoms with Crippen LogP contribution in [0.4, 0.5) is 0 Å². The minimum absolute atomic E-state index is 0.0304. The number of aromatic nitrogens is 1. The molecule has 0 bridgehead atoms. The molecule has 1 aliphatic heterocycles. The molecule has 0 aromatic carbocycles. The lowest BCUT2D eigenvalue weighted by molar-refractivity contribution is 0.272. The quantitative estimate of drug-likeness (QED) is 0.830. The van der Waals surface area contributed by atoms with Gasteiger partial charge >= 0.3 is 0 Å². The standard InChI is InChI=1S/C10H16N2O3S2/c1-12-5-10(4-9(12)6-13)17(14,15)11-8-2-3-16-7-8/h4-5,8,11,13H,2-3,6-7H2,1H3. The third-order valence-electron chi connectivity index (χ3n) is 2.81. The van der Waals surface area contributed by atoms with E-state index < -0.39 is 10.0 Å². The summed E-state index contributed by atoms with van der Waals surface area (Å²) in [6.07, 6.45) is 2.40. The molecule has 1 unspecified atom stereocenters. The van der Waals surface area contributed by atoms with Gasteiger partial charge in [-0.1, -0.05) is 0 Å². The Kier molecular flexibility index (Phi) is 3.82. The molecule has 0 amide bonds. The Bertz CT molecular complexity index is 490. The van der Waals surface area contributed by atoms with Crippen LogP contribution in [-0.2, 0) is 23.7 Å². The second kappa shape index (κ2) is 5.01. The Morgan fingerprint density at radius 2 is 2.41 bits per heavy atom. The Balaban J connectivity index is 2.18. The highest BCUT2D eigenvalue weighted by atomic mass is 32.2. The number of nitrogens with zero attached hydrogens (tertiary/aromatic N) is 1. The molecule has 5 nitrogen and oxygen atoms in total. The number of thioether (sulfide) groups is 1. The van der Waals surface area contributed by atoms with Crippen molar-refractivity contribution >= 4 is 21.8 Å². The number of aryl methyl sites for hydroxylation is 1. The third-order valence-corrected chi connectivity index (χ3v) is 5.46. The molecule has 96 valence electrons. The van der Waals surface area contributed by atoms with Crippen LogP contribution in [0.3, 0.4) is 0 Å². The molecule has 1 atom stereocenters. The predicted molar refractivity (Wildman–Crippen MR) is 67.4 cm³/mol. The summed E-state index contributed by atoms with van der Waals surface area (Å²) < 4.78 is 28.4. The van der Waals surface area contributed by atoms with E-state index >= 15 is 0 Å². The van der Waals surface area contributed by atoms with Crippen LogP contribution in [0.1, 0.15) is 12.1 Å². The van der Waals surface area contributed by atoms with Gasteiger partial charge in [0.25, 0.3) is 0 Å². The summed E-state index contributed by atoms with van der Waals surface area (Å²) in [6.45, 7) is -0.161. The fourth-order valence-corrected chi connectivity index (χ4v) is 4.42. The molecule has 0 saturated carbocycles. The van der Waals surface area contributed by atoms with Crippen molar-refractivity contribution in [3.8, 4) is 0 Å². The molecule has 2 heterocycles. The van der Waals surface area contributed by atoms with Crippen molar-refractivity contribution in [2.75, 3.05) is 11.5 Å². The van der Waals surface area contributed by atoms with E-state index in [0.29, 0.717) is 5.69 Å². The van der Waals surface area contributed by atoms with Crippen LogP contribution in [-0.4, -0.2) is 35.6 Å². The van der Waals surface area contributed by atoms with Crippen molar-refractivity contribution in [2.45, 2.75) is 24.0 Å². The molecule has 1 saturated heterocycles. The summed E-state index contributed by atoms with van der Waals surface area (Å²) in [4.78, 5) is 0.223. The van der Waals surface area contributed by atoms with Gasteiger partial charge in [0.2, 0.25) is 10.0 Å². The van der Waals surface area contributed by atoms with Crippen LogP contribution in [0.25, 0.3) is 0 Å². The van der Waals surface area contributed by atoms with E-state index in [0.717, 1.165) is 17.9 Å². The molecule has 0 aliphatic carbocycles. The lowest BCUT2D eigenvalue weighted by atomic mass is 10.3. The second-order valence-electron chi connectivity index (χ2n) is 4.12. The lowest BCUT2D eigenvalue weighted by Crippen LogP contribution is -2.34. The van der Waals surface area contributed by atoms with Gasteiger partial charge in [0.1, 0.15) is 0 Å². The van der Waals surface area contributed by atoms with E-state index in [1.165, 1.54) is 12.3 Å². The fraction of sp³-hybridized carbons (Fsp3) is 0.600. The van der Waals surface area contributed by atoms with Crippen molar-refractivity contribution in [3.63, 3.8) is 0 Å². The van der Waals surface area contributed by atoms with E-state index in [1.54, 1.807) is 23.4 Å². The maximum Gasteiger partial charge on any atom is 0.242 e. The van der Waals surface area contributed by atoms with Crippen LogP contribution in [0, 0.1) is 0 Å². The largest absolute Gasteiger partial charge is 0.390 e. The number of hydrogen-bond donors (Lipinski definition) is 2. The van der Waals surface area contributed by atoms with Crippen LogP contribution < -0.4 is 4.72 Å². The Labute approximate surface area is 105 Å². The molecule has 1 aliphatic rings.